The summed E-state index contributed by atoms with van der Waals surface area (Å²) in [6.45, 7) is 5.09. The first kappa shape index (κ1) is 11.7. The van der Waals surface area contributed by atoms with Crippen LogP contribution in [0.25, 0.3) is 0 Å². The Morgan fingerprint density at radius 2 is 2.40 bits per heavy atom. The number of rotatable bonds is 5. The summed E-state index contributed by atoms with van der Waals surface area (Å²) in [5.41, 5.74) is 2.51. The van der Waals surface area contributed by atoms with E-state index in [0.717, 1.165) is 19.4 Å². The van der Waals surface area contributed by atoms with E-state index in [4.69, 9.17) is 6.42 Å². The fourth-order valence-electron chi connectivity index (χ4n) is 1.44. The third-order valence-electron chi connectivity index (χ3n) is 2.59. The van der Waals surface area contributed by atoms with E-state index >= 15 is 0 Å². The summed E-state index contributed by atoms with van der Waals surface area (Å²) in [6.07, 6.45) is 10.9. The number of aromatic nitrogens is 1. The lowest BCUT2D eigenvalue weighted by atomic mass is 10.1. The largest absolute Gasteiger partial charge is 0.309 e. The van der Waals surface area contributed by atoms with E-state index in [1.807, 2.05) is 18.5 Å². The first-order valence-corrected chi connectivity index (χ1v) is 5.34. The minimum absolute atomic E-state index is 0.412. The van der Waals surface area contributed by atoms with Gasteiger partial charge in [0.2, 0.25) is 0 Å². The van der Waals surface area contributed by atoms with Crippen LogP contribution in [0.5, 0.6) is 0 Å². The summed E-state index contributed by atoms with van der Waals surface area (Å²) < 4.78 is 0. The minimum Gasteiger partial charge on any atom is -0.309 e. The van der Waals surface area contributed by atoms with Crippen molar-refractivity contribution < 1.29 is 0 Å². The molecule has 0 fully saturated rings. The Kier molecular flexibility index (Phi) is 4.86. The number of aryl methyl sites for hydroxylation is 1. The van der Waals surface area contributed by atoms with E-state index in [-0.39, 0.29) is 0 Å². The second-order valence-electron chi connectivity index (χ2n) is 3.70. The van der Waals surface area contributed by atoms with Gasteiger partial charge in [-0.3, -0.25) is 4.98 Å². The van der Waals surface area contributed by atoms with Gasteiger partial charge in [-0.15, -0.1) is 12.3 Å². The Morgan fingerprint density at radius 1 is 1.60 bits per heavy atom. The molecule has 0 amide bonds. The van der Waals surface area contributed by atoms with Crippen molar-refractivity contribution in [1.82, 2.24) is 10.3 Å². The van der Waals surface area contributed by atoms with Crippen LogP contribution in [0.2, 0.25) is 0 Å². The molecule has 0 aliphatic carbocycles. The molecule has 2 nitrogen and oxygen atoms in total. The molecule has 80 valence electrons. The van der Waals surface area contributed by atoms with Gasteiger partial charge in [-0.25, -0.2) is 0 Å². The standard InChI is InChI=1S/C13H18N2/c1-4-6-13(5-2)15-10-12-9-14-8-7-11(12)3/h1,7-9,13,15H,5-6,10H2,2-3H3. The second kappa shape index (κ2) is 6.21. The summed E-state index contributed by atoms with van der Waals surface area (Å²) in [5, 5.41) is 3.44. The maximum absolute atomic E-state index is 5.30. The van der Waals surface area contributed by atoms with Gasteiger partial charge in [-0.1, -0.05) is 6.92 Å². The normalized spacial score (nSPS) is 12.1. The molecule has 0 aliphatic heterocycles. The Hall–Kier alpha value is -1.33. The van der Waals surface area contributed by atoms with Crippen molar-refractivity contribution in [3.63, 3.8) is 0 Å². The van der Waals surface area contributed by atoms with Crippen molar-refractivity contribution in [3.05, 3.63) is 29.6 Å². The Labute approximate surface area is 92.1 Å². The van der Waals surface area contributed by atoms with Crippen LogP contribution in [-0.2, 0) is 6.54 Å². The smallest absolute Gasteiger partial charge is 0.0315 e. The molecule has 15 heavy (non-hydrogen) atoms. The molecule has 1 aromatic rings. The summed E-state index contributed by atoms with van der Waals surface area (Å²) >= 11 is 0. The topological polar surface area (TPSA) is 24.9 Å². The van der Waals surface area contributed by atoms with E-state index < -0.39 is 0 Å². The fraction of sp³-hybridized carbons (Fsp3) is 0.462. The molecule has 1 unspecified atom stereocenters. The van der Waals surface area contributed by atoms with Crippen molar-refractivity contribution in [2.75, 3.05) is 0 Å². The molecule has 1 aromatic heterocycles. The van der Waals surface area contributed by atoms with E-state index in [9.17, 15) is 0 Å². The molecule has 0 aromatic carbocycles. The van der Waals surface area contributed by atoms with Crippen molar-refractivity contribution in [3.8, 4) is 12.3 Å². The van der Waals surface area contributed by atoms with Crippen LogP contribution in [-0.4, -0.2) is 11.0 Å². The molecule has 0 bridgehead atoms. The van der Waals surface area contributed by atoms with Crippen LogP contribution in [0.4, 0.5) is 0 Å². The lowest BCUT2D eigenvalue weighted by Gasteiger charge is -2.14. The molecule has 1 N–H and O–H groups in total. The monoisotopic (exact) mass is 202 g/mol. The van der Waals surface area contributed by atoms with Gasteiger partial charge in [-0.2, -0.15) is 0 Å². The Morgan fingerprint density at radius 3 is 3.00 bits per heavy atom. The highest BCUT2D eigenvalue weighted by atomic mass is 14.9. The highest BCUT2D eigenvalue weighted by molar-refractivity contribution is 5.21. The second-order valence-corrected chi connectivity index (χ2v) is 3.70. The van der Waals surface area contributed by atoms with Gasteiger partial charge in [-0.05, 0) is 30.5 Å². The van der Waals surface area contributed by atoms with Gasteiger partial charge in [0, 0.05) is 31.4 Å². The van der Waals surface area contributed by atoms with Crippen LogP contribution >= 0.6 is 0 Å². The molecule has 1 rings (SSSR count). The number of nitrogens with one attached hydrogen (secondary N) is 1. The summed E-state index contributed by atoms with van der Waals surface area (Å²) in [7, 11) is 0. The number of pyridine rings is 1. The first-order valence-electron chi connectivity index (χ1n) is 5.34. The third kappa shape index (κ3) is 3.73. The molecule has 1 heterocycles. The van der Waals surface area contributed by atoms with E-state index in [1.165, 1.54) is 11.1 Å². The van der Waals surface area contributed by atoms with Gasteiger partial charge >= 0.3 is 0 Å². The van der Waals surface area contributed by atoms with Gasteiger partial charge in [0.15, 0.2) is 0 Å². The maximum atomic E-state index is 5.30. The molecular formula is C13H18N2. The van der Waals surface area contributed by atoms with Gasteiger partial charge in [0.05, 0.1) is 0 Å². The zero-order valence-corrected chi connectivity index (χ0v) is 9.46. The van der Waals surface area contributed by atoms with Gasteiger partial charge in [0.25, 0.3) is 0 Å². The molecule has 1 atom stereocenters. The van der Waals surface area contributed by atoms with Crippen LogP contribution in [0.1, 0.15) is 30.9 Å². The summed E-state index contributed by atoms with van der Waals surface area (Å²) in [4.78, 5) is 4.11. The molecule has 0 spiro atoms. The van der Waals surface area contributed by atoms with Crippen LogP contribution < -0.4 is 5.32 Å². The first-order chi connectivity index (χ1) is 7.27. The third-order valence-corrected chi connectivity index (χ3v) is 2.59. The van der Waals surface area contributed by atoms with Crippen LogP contribution in [0.3, 0.4) is 0 Å². The Balaban J connectivity index is 2.49. The van der Waals surface area contributed by atoms with E-state index in [2.05, 4.69) is 30.1 Å². The lowest BCUT2D eigenvalue weighted by Crippen LogP contribution is -2.27. The molecule has 2 heteroatoms. The van der Waals surface area contributed by atoms with Crippen LogP contribution in [0.15, 0.2) is 18.5 Å². The summed E-state index contributed by atoms with van der Waals surface area (Å²) in [6, 6.07) is 2.44. The highest BCUT2D eigenvalue weighted by Crippen LogP contribution is 2.06. The average Bonchev–Trinajstić information content (AvgIpc) is 2.26. The predicted molar refractivity (Wildman–Crippen MR) is 63.3 cm³/mol. The number of hydrogen-bond donors (Lipinski definition) is 1. The zero-order valence-electron chi connectivity index (χ0n) is 9.46. The zero-order chi connectivity index (χ0) is 11.1. The predicted octanol–water partition coefficient (Wildman–Crippen LogP) is 2.28. The van der Waals surface area contributed by atoms with Gasteiger partial charge < -0.3 is 5.32 Å². The number of hydrogen-bond acceptors (Lipinski definition) is 2. The van der Waals surface area contributed by atoms with E-state index in [1.54, 1.807) is 0 Å². The maximum Gasteiger partial charge on any atom is 0.0315 e. The van der Waals surface area contributed by atoms with Crippen LogP contribution in [0, 0.1) is 19.3 Å². The highest BCUT2D eigenvalue weighted by Gasteiger charge is 2.04. The van der Waals surface area contributed by atoms with Gasteiger partial charge in [0.1, 0.15) is 0 Å². The molecule has 0 saturated carbocycles. The SMILES string of the molecule is C#CCC(CC)NCc1cnccc1C. The fourth-order valence-corrected chi connectivity index (χ4v) is 1.44. The minimum atomic E-state index is 0.412. The molecular weight excluding hydrogens is 184 g/mol. The molecule has 0 aliphatic rings. The van der Waals surface area contributed by atoms with Crippen molar-refractivity contribution in [2.24, 2.45) is 0 Å². The van der Waals surface area contributed by atoms with E-state index in [0.29, 0.717) is 6.04 Å². The quantitative estimate of drug-likeness (QED) is 0.741. The number of nitrogens with zero attached hydrogens (tertiary/aromatic N) is 1. The lowest BCUT2D eigenvalue weighted by molar-refractivity contribution is 0.505. The van der Waals surface area contributed by atoms with Crippen molar-refractivity contribution in [1.29, 1.82) is 0 Å². The molecule has 0 saturated heterocycles. The average molecular weight is 202 g/mol. The molecule has 0 radical (unpaired) electrons. The van der Waals surface area contributed by atoms with Crippen molar-refractivity contribution >= 4 is 0 Å². The number of terminal acetylenes is 1. The summed E-state index contributed by atoms with van der Waals surface area (Å²) in [5.74, 6) is 2.69. The van der Waals surface area contributed by atoms with Crippen molar-refractivity contribution in [2.45, 2.75) is 39.3 Å². The Bertz CT molecular complexity index is 339.